The minimum absolute atomic E-state index is 0. The number of hydrogen-bond acceptors (Lipinski definition) is 2. The molecule has 122 valence electrons. The third-order valence-corrected chi connectivity index (χ3v) is 3.75. The van der Waals surface area contributed by atoms with Crippen molar-refractivity contribution in [1.29, 1.82) is 0 Å². The van der Waals surface area contributed by atoms with Crippen LogP contribution in [0.5, 0.6) is 0 Å². The lowest BCUT2D eigenvalue weighted by Gasteiger charge is -2.35. The maximum absolute atomic E-state index is 6.29. The van der Waals surface area contributed by atoms with E-state index in [1.807, 2.05) is 19.1 Å². The first-order valence-corrected chi connectivity index (χ1v) is 7.72. The topological polar surface area (TPSA) is 21.3 Å². The van der Waals surface area contributed by atoms with Gasteiger partial charge in [0.25, 0.3) is 0 Å². The molecule has 23 heavy (non-hydrogen) atoms. The van der Waals surface area contributed by atoms with Crippen LogP contribution in [0.1, 0.15) is 24.5 Å². The van der Waals surface area contributed by atoms with Gasteiger partial charge in [0.1, 0.15) is 5.60 Å². The third kappa shape index (κ3) is 4.84. The molecule has 0 aliphatic heterocycles. The van der Waals surface area contributed by atoms with E-state index in [0.717, 1.165) is 13.0 Å². The number of halogens is 1. The van der Waals surface area contributed by atoms with Crippen molar-refractivity contribution < 1.29 is 4.74 Å². The van der Waals surface area contributed by atoms with E-state index in [1.165, 1.54) is 11.1 Å². The van der Waals surface area contributed by atoms with Gasteiger partial charge in [-0.1, -0.05) is 66.6 Å². The van der Waals surface area contributed by atoms with E-state index in [1.54, 1.807) is 0 Å². The molecule has 0 aliphatic carbocycles. The molecule has 0 fully saturated rings. The minimum atomic E-state index is -0.446. The van der Waals surface area contributed by atoms with Crippen LogP contribution in [0.3, 0.4) is 0 Å². The smallest absolute Gasteiger partial charge is 0.119 e. The summed E-state index contributed by atoms with van der Waals surface area (Å²) in [5.74, 6) is 2.61. The lowest BCUT2D eigenvalue weighted by Crippen LogP contribution is -2.35. The predicted octanol–water partition coefficient (Wildman–Crippen LogP) is 4.00. The first kappa shape index (κ1) is 19.3. The van der Waals surface area contributed by atoms with Crippen molar-refractivity contribution in [3.63, 3.8) is 0 Å². The third-order valence-electron chi connectivity index (χ3n) is 3.75. The molecule has 0 heterocycles. The number of nitrogens with one attached hydrogen (secondary N) is 1. The summed E-state index contributed by atoms with van der Waals surface area (Å²) in [6.45, 7) is 4.06. The quantitative estimate of drug-likeness (QED) is 0.584. The Hall–Kier alpha value is -1.79. The monoisotopic (exact) mass is 329 g/mol. The van der Waals surface area contributed by atoms with Crippen LogP contribution >= 0.6 is 12.4 Å². The second-order valence-electron chi connectivity index (χ2n) is 5.12. The Bertz CT molecular complexity index is 553. The molecule has 0 saturated carbocycles. The Labute approximate surface area is 145 Å². The summed E-state index contributed by atoms with van der Waals surface area (Å²) in [6, 6.07) is 20.8. The molecule has 0 bridgehead atoms. The highest BCUT2D eigenvalue weighted by Gasteiger charge is 2.34. The van der Waals surface area contributed by atoms with Crippen LogP contribution in [0.15, 0.2) is 60.7 Å². The Morgan fingerprint density at radius 1 is 1.00 bits per heavy atom. The summed E-state index contributed by atoms with van der Waals surface area (Å²) in [4.78, 5) is 0. The van der Waals surface area contributed by atoms with Crippen LogP contribution in [0.4, 0.5) is 0 Å². The molecule has 0 radical (unpaired) electrons. The molecule has 2 nitrogen and oxygen atoms in total. The van der Waals surface area contributed by atoms with Crippen LogP contribution in [0.2, 0.25) is 0 Å². The van der Waals surface area contributed by atoms with E-state index in [4.69, 9.17) is 11.2 Å². The van der Waals surface area contributed by atoms with Gasteiger partial charge in [-0.25, -0.2) is 0 Å². The van der Waals surface area contributed by atoms with E-state index in [0.29, 0.717) is 13.2 Å². The van der Waals surface area contributed by atoms with E-state index < -0.39 is 5.60 Å². The average molecular weight is 330 g/mol. The molecule has 0 spiro atoms. The van der Waals surface area contributed by atoms with Crippen LogP contribution in [-0.4, -0.2) is 19.7 Å². The van der Waals surface area contributed by atoms with Crippen molar-refractivity contribution in [2.45, 2.75) is 18.9 Å². The largest absolute Gasteiger partial charge is 0.366 e. The fraction of sp³-hybridized carbons (Fsp3) is 0.300. The lowest BCUT2D eigenvalue weighted by molar-refractivity contribution is -0.0171. The fourth-order valence-corrected chi connectivity index (χ4v) is 2.78. The Morgan fingerprint density at radius 2 is 1.52 bits per heavy atom. The van der Waals surface area contributed by atoms with Crippen molar-refractivity contribution in [3.8, 4) is 12.3 Å². The summed E-state index contributed by atoms with van der Waals surface area (Å²) in [7, 11) is 0. The van der Waals surface area contributed by atoms with E-state index in [2.05, 4.69) is 59.8 Å². The number of rotatable bonds is 8. The molecular weight excluding hydrogens is 306 g/mol. The maximum Gasteiger partial charge on any atom is 0.119 e. The highest BCUT2D eigenvalue weighted by atomic mass is 35.5. The van der Waals surface area contributed by atoms with Crippen molar-refractivity contribution >= 4 is 12.4 Å². The average Bonchev–Trinajstić information content (AvgIpc) is 2.59. The standard InChI is InChI=1S/C20H23NO.ClH/c1-3-16-21-17-15-20(22-4-2,18-11-7-5-8-12-18)19-13-9-6-10-14-19;/h1,5-14,21H,4,15-17H2,2H3;1H. The molecular formula is C20H24ClNO. The minimum Gasteiger partial charge on any atom is -0.366 e. The van der Waals surface area contributed by atoms with Gasteiger partial charge >= 0.3 is 0 Å². The van der Waals surface area contributed by atoms with Crippen molar-refractivity contribution in [2.75, 3.05) is 19.7 Å². The number of hydrogen-bond donors (Lipinski definition) is 1. The SMILES string of the molecule is C#CCNCCC(OCC)(c1ccccc1)c1ccccc1.Cl. The normalized spacial score (nSPS) is 10.6. The lowest BCUT2D eigenvalue weighted by atomic mass is 9.83. The molecule has 0 aromatic heterocycles. The van der Waals surface area contributed by atoms with Gasteiger partial charge in [-0.15, -0.1) is 18.8 Å². The fourth-order valence-electron chi connectivity index (χ4n) is 2.78. The van der Waals surface area contributed by atoms with E-state index >= 15 is 0 Å². The Kier molecular flexibility index (Phi) is 8.43. The number of terminal acetylenes is 1. The summed E-state index contributed by atoms with van der Waals surface area (Å²) in [5, 5.41) is 3.27. The number of benzene rings is 2. The highest BCUT2D eigenvalue weighted by molar-refractivity contribution is 5.85. The molecule has 0 unspecified atom stereocenters. The zero-order valence-electron chi connectivity index (χ0n) is 13.5. The first-order chi connectivity index (χ1) is 10.8. The Morgan fingerprint density at radius 3 is 1.96 bits per heavy atom. The summed E-state index contributed by atoms with van der Waals surface area (Å²) < 4.78 is 6.29. The zero-order valence-corrected chi connectivity index (χ0v) is 14.3. The molecule has 2 aromatic rings. The van der Waals surface area contributed by atoms with Gasteiger partial charge in [0.15, 0.2) is 0 Å². The summed E-state index contributed by atoms with van der Waals surface area (Å²) >= 11 is 0. The van der Waals surface area contributed by atoms with Gasteiger partial charge in [0.2, 0.25) is 0 Å². The highest BCUT2D eigenvalue weighted by Crippen LogP contribution is 2.36. The second-order valence-corrected chi connectivity index (χ2v) is 5.12. The van der Waals surface area contributed by atoms with Gasteiger partial charge in [-0.05, 0) is 31.0 Å². The van der Waals surface area contributed by atoms with Crippen LogP contribution in [0.25, 0.3) is 0 Å². The van der Waals surface area contributed by atoms with Crippen molar-refractivity contribution in [1.82, 2.24) is 5.32 Å². The Balaban J connectivity index is 0.00000264. The van der Waals surface area contributed by atoms with Gasteiger partial charge in [-0.3, -0.25) is 0 Å². The zero-order chi connectivity index (χ0) is 15.7. The number of ether oxygens (including phenoxy) is 1. The van der Waals surface area contributed by atoms with Crippen LogP contribution in [0, 0.1) is 12.3 Å². The molecule has 0 aliphatic rings. The molecule has 0 amide bonds. The van der Waals surface area contributed by atoms with E-state index in [-0.39, 0.29) is 12.4 Å². The second kappa shape index (κ2) is 10.1. The summed E-state index contributed by atoms with van der Waals surface area (Å²) in [5.41, 5.74) is 1.90. The molecule has 2 rings (SSSR count). The molecule has 0 saturated heterocycles. The van der Waals surface area contributed by atoms with E-state index in [9.17, 15) is 0 Å². The van der Waals surface area contributed by atoms with Gasteiger partial charge in [0.05, 0.1) is 6.54 Å². The molecule has 3 heteroatoms. The molecule has 0 atom stereocenters. The van der Waals surface area contributed by atoms with Gasteiger partial charge in [0, 0.05) is 6.61 Å². The predicted molar refractivity (Wildman–Crippen MR) is 98.9 cm³/mol. The van der Waals surface area contributed by atoms with Crippen molar-refractivity contribution in [2.24, 2.45) is 0 Å². The first-order valence-electron chi connectivity index (χ1n) is 7.72. The molecule has 1 N–H and O–H groups in total. The van der Waals surface area contributed by atoms with Crippen LogP contribution < -0.4 is 5.32 Å². The summed E-state index contributed by atoms with van der Waals surface area (Å²) in [6.07, 6.45) is 6.15. The molecule has 2 aromatic carbocycles. The maximum atomic E-state index is 6.29. The van der Waals surface area contributed by atoms with Gasteiger partial charge in [-0.2, -0.15) is 0 Å². The van der Waals surface area contributed by atoms with Gasteiger partial charge < -0.3 is 10.1 Å². The van der Waals surface area contributed by atoms with Crippen molar-refractivity contribution in [3.05, 3.63) is 71.8 Å². The van der Waals surface area contributed by atoms with Crippen LogP contribution in [-0.2, 0) is 10.3 Å².